The molecule has 0 amide bonds. The summed E-state index contributed by atoms with van der Waals surface area (Å²) in [6, 6.07) is 0.560. The molecule has 0 unspecified atom stereocenters. The van der Waals surface area contributed by atoms with Crippen LogP contribution in [0, 0.1) is 11.8 Å². The third-order valence-electron chi connectivity index (χ3n) is 4.61. The Morgan fingerprint density at radius 1 is 1.26 bits per heavy atom. The standard InChI is InChI=1S/C14H21N5/c1-3-10-11-13(18(2)17-10)19(14(15)16-11)12(8-4-5-8)9-6-7-9/h8-9,12H,3-7H2,1-2H3,(H2,15,16). The Labute approximate surface area is 112 Å². The SMILES string of the molecule is CCc1nn(C)c2c1nc(N)n2C(C1CC1)C1CC1. The number of anilines is 1. The number of imidazole rings is 1. The van der Waals surface area contributed by atoms with Crippen molar-refractivity contribution in [2.45, 2.75) is 45.1 Å². The summed E-state index contributed by atoms with van der Waals surface area (Å²) in [5.74, 6) is 2.31. The van der Waals surface area contributed by atoms with E-state index < -0.39 is 0 Å². The normalized spacial score (nSPS) is 19.7. The molecule has 2 aliphatic carbocycles. The molecule has 2 fully saturated rings. The summed E-state index contributed by atoms with van der Waals surface area (Å²) < 4.78 is 4.26. The molecule has 0 bridgehead atoms. The van der Waals surface area contributed by atoms with Crippen LogP contribution in [0.25, 0.3) is 11.2 Å². The highest BCUT2D eigenvalue weighted by Crippen LogP contribution is 2.53. The molecular weight excluding hydrogens is 238 g/mol. The van der Waals surface area contributed by atoms with E-state index in [1.165, 1.54) is 25.7 Å². The number of aryl methyl sites for hydroxylation is 2. The third kappa shape index (κ3) is 1.60. The minimum absolute atomic E-state index is 0.560. The molecule has 2 aromatic rings. The average molecular weight is 259 g/mol. The summed E-state index contributed by atoms with van der Waals surface area (Å²) in [5, 5.41) is 4.59. The van der Waals surface area contributed by atoms with Crippen LogP contribution in [0.5, 0.6) is 0 Å². The van der Waals surface area contributed by atoms with Gasteiger partial charge in [-0.3, -0.25) is 9.25 Å². The Morgan fingerprint density at radius 2 is 1.89 bits per heavy atom. The number of hydrogen-bond donors (Lipinski definition) is 1. The van der Waals surface area contributed by atoms with Crippen molar-refractivity contribution in [3.05, 3.63) is 5.69 Å². The van der Waals surface area contributed by atoms with Crippen LogP contribution < -0.4 is 5.73 Å². The predicted molar refractivity (Wildman–Crippen MR) is 74.8 cm³/mol. The van der Waals surface area contributed by atoms with Gasteiger partial charge in [0.25, 0.3) is 0 Å². The fourth-order valence-electron chi connectivity index (χ4n) is 3.43. The third-order valence-corrected chi connectivity index (χ3v) is 4.61. The molecule has 0 atom stereocenters. The predicted octanol–water partition coefficient (Wildman–Crippen LogP) is 2.28. The van der Waals surface area contributed by atoms with Crippen LogP contribution in [0.4, 0.5) is 5.95 Å². The van der Waals surface area contributed by atoms with Crippen molar-refractivity contribution in [1.82, 2.24) is 19.3 Å². The van der Waals surface area contributed by atoms with Crippen LogP contribution in [0.3, 0.4) is 0 Å². The number of nitrogens with two attached hydrogens (primary N) is 1. The lowest BCUT2D eigenvalue weighted by molar-refractivity contribution is 0.403. The second-order valence-electron chi connectivity index (χ2n) is 6.10. The number of rotatable bonds is 4. The van der Waals surface area contributed by atoms with Crippen LogP contribution in [0.1, 0.15) is 44.3 Å². The zero-order valence-corrected chi connectivity index (χ0v) is 11.6. The first-order chi connectivity index (χ1) is 9.20. The molecule has 5 nitrogen and oxygen atoms in total. The minimum atomic E-state index is 0.560. The largest absolute Gasteiger partial charge is 0.369 e. The molecule has 2 heterocycles. The van der Waals surface area contributed by atoms with Gasteiger partial charge < -0.3 is 5.73 Å². The van der Waals surface area contributed by atoms with Crippen molar-refractivity contribution in [3.63, 3.8) is 0 Å². The molecule has 5 heteroatoms. The van der Waals surface area contributed by atoms with Gasteiger partial charge in [-0.15, -0.1) is 0 Å². The Bertz CT molecular complexity index is 618. The summed E-state index contributed by atoms with van der Waals surface area (Å²) in [6.45, 7) is 2.12. The van der Waals surface area contributed by atoms with E-state index in [2.05, 4.69) is 21.6 Å². The van der Waals surface area contributed by atoms with Crippen LogP contribution in [-0.4, -0.2) is 19.3 Å². The highest BCUT2D eigenvalue weighted by atomic mass is 15.4. The second-order valence-corrected chi connectivity index (χ2v) is 6.10. The zero-order valence-electron chi connectivity index (χ0n) is 11.6. The van der Waals surface area contributed by atoms with E-state index >= 15 is 0 Å². The van der Waals surface area contributed by atoms with Gasteiger partial charge in [-0.05, 0) is 43.9 Å². The maximum absolute atomic E-state index is 6.23. The molecule has 0 aromatic carbocycles. The second kappa shape index (κ2) is 3.74. The van der Waals surface area contributed by atoms with Crippen molar-refractivity contribution in [3.8, 4) is 0 Å². The van der Waals surface area contributed by atoms with Gasteiger partial charge in [0.2, 0.25) is 5.95 Å². The molecule has 19 heavy (non-hydrogen) atoms. The molecule has 0 saturated heterocycles. The fourth-order valence-corrected chi connectivity index (χ4v) is 3.43. The number of nitrogens with zero attached hydrogens (tertiary/aromatic N) is 4. The Kier molecular flexibility index (Phi) is 2.23. The van der Waals surface area contributed by atoms with Gasteiger partial charge in [-0.1, -0.05) is 6.92 Å². The van der Waals surface area contributed by atoms with E-state index in [1.54, 1.807) is 0 Å². The first-order valence-corrected chi connectivity index (χ1v) is 7.40. The lowest BCUT2D eigenvalue weighted by Crippen LogP contribution is -2.17. The van der Waals surface area contributed by atoms with Gasteiger partial charge in [0.1, 0.15) is 5.52 Å². The van der Waals surface area contributed by atoms with Crippen molar-refractivity contribution < 1.29 is 0 Å². The molecule has 2 saturated carbocycles. The molecule has 0 radical (unpaired) electrons. The highest BCUT2D eigenvalue weighted by molar-refractivity contribution is 5.78. The summed E-state index contributed by atoms with van der Waals surface area (Å²) in [4.78, 5) is 4.60. The van der Waals surface area contributed by atoms with E-state index in [1.807, 2.05) is 11.7 Å². The van der Waals surface area contributed by atoms with Gasteiger partial charge in [0.05, 0.1) is 5.69 Å². The summed E-state index contributed by atoms with van der Waals surface area (Å²) in [5.41, 5.74) is 9.43. The topological polar surface area (TPSA) is 61.7 Å². The molecule has 2 aromatic heterocycles. The zero-order chi connectivity index (χ0) is 13.1. The van der Waals surface area contributed by atoms with Crippen molar-refractivity contribution in [2.24, 2.45) is 18.9 Å². The molecule has 102 valence electrons. The van der Waals surface area contributed by atoms with E-state index in [0.29, 0.717) is 12.0 Å². The number of hydrogen-bond acceptors (Lipinski definition) is 3. The highest BCUT2D eigenvalue weighted by Gasteiger charge is 2.44. The van der Waals surface area contributed by atoms with E-state index in [4.69, 9.17) is 5.73 Å². The number of aromatic nitrogens is 4. The van der Waals surface area contributed by atoms with Gasteiger partial charge >= 0.3 is 0 Å². The summed E-state index contributed by atoms with van der Waals surface area (Å²) in [7, 11) is 2.01. The molecule has 4 rings (SSSR count). The number of fused-ring (bicyclic) bond motifs is 1. The number of nitrogen functional groups attached to an aromatic ring is 1. The van der Waals surface area contributed by atoms with Crippen LogP contribution in [-0.2, 0) is 13.5 Å². The van der Waals surface area contributed by atoms with Gasteiger partial charge in [-0.25, -0.2) is 4.98 Å². The Morgan fingerprint density at radius 3 is 2.42 bits per heavy atom. The lowest BCUT2D eigenvalue weighted by Gasteiger charge is -2.19. The molecule has 2 aliphatic rings. The smallest absolute Gasteiger partial charge is 0.202 e. The Hall–Kier alpha value is -1.52. The monoisotopic (exact) mass is 259 g/mol. The van der Waals surface area contributed by atoms with Crippen molar-refractivity contribution in [1.29, 1.82) is 0 Å². The molecular formula is C14H21N5. The minimum Gasteiger partial charge on any atom is -0.369 e. The quantitative estimate of drug-likeness (QED) is 0.916. The summed E-state index contributed by atoms with van der Waals surface area (Å²) >= 11 is 0. The Balaban J connectivity index is 1.92. The van der Waals surface area contributed by atoms with Crippen LogP contribution in [0.15, 0.2) is 0 Å². The molecule has 0 spiro atoms. The van der Waals surface area contributed by atoms with E-state index in [9.17, 15) is 0 Å². The van der Waals surface area contributed by atoms with E-state index in [-0.39, 0.29) is 0 Å². The maximum Gasteiger partial charge on any atom is 0.202 e. The van der Waals surface area contributed by atoms with Gasteiger partial charge in [0.15, 0.2) is 5.65 Å². The van der Waals surface area contributed by atoms with Gasteiger partial charge in [-0.2, -0.15) is 5.10 Å². The van der Waals surface area contributed by atoms with Crippen LogP contribution >= 0.6 is 0 Å². The van der Waals surface area contributed by atoms with Gasteiger partial charge in [0, 0.05) is 13.1 Å². The molecule has 0 aliphatic heterocycles. The summed E-state index contributed by atoms with van der Waals surface area (Å²) in [6.07, 6.45) is 6.29. The first kappa shape index (κ1) is 11.3. The maximum atomic E-state index is 6.23. The fraction of sp³-hybridized carbons (Fsp3) is 0.714. The molecule has 2 N–H and O–H groups in total. The average Bonchev–Trinajstić information content (AvgIpc) is 3.28. The van der Waals surface area contributed by atoms with Crippen LogP contribution in [0.2, 0.25) is 0 Å². The van der Waals surface area contributed by atoms with Crippen molar-refractivity contribution in [2.75, 3.05) is 5.73 Å². The first-order valence-electron chi connectivity index (χ1n) is 7.40. The van der Waals surface area contributed by atoms with E-state index in [0.717, 1.165) is 35.1 Å². The lowest BCUT2D eigenvalue weighted by atomic mass is 10.1. The van der Waals surface area contributed by atoms with Crippen molar-refractivity contribution >= 4 is 17.1 Å².